The van der Waals surface area contributed by atoms with E-state index in [1.165, 1.54) is 18.3 Å². The number of aromatic nitrogens is 1. The number of carbonyl (C=O) groups excluding carboxylic acids is 1. The van der Waals surface area contributed by atoms with Gasteiger partial charge in [-0.3, -0.25) is 4.79 Å². The summed E-state index contributed by atoms with van der Waals surface area (Å²) in [6.45, 7) is 9.09. The Balaban J connectivity index is 1.94. The lowest BCUT2D eigenvalue weighted by molar-refractivity contribution is 0.0949. The predicted octanol–water partition coefficient (Wildman–Crippen LogP) is 4.27. The van der Waals surface area contributed by atoms with Crippen LogP contribution in [-0.2, 0) is 6.61 Å². The summed E-state index contributed by atoms with van der Waals surface area (Å²) in [6, 6.07) is 7.99. The van der Waals surface area contributed by atoms with Crippen LogP contribution in [-0.4, -0.2) is 17.4 Å². The van der Waals surface area contributed by atoms with Crippen LogP contribution in [0.25, 0.3) is 0 Å². The summed E-state index contributed by atoms with van der Waals surface area (Å²) in [7, 11) is 0. The Morgan fingerprint density at radius 2 is 2.04 bits per heavy atom. The van der Waals surface area contributed by atoms with E-state index in [1.54, 1.807) is 18.2 Å². The number of halogens is 1. The number of hydrogen-bond donors (Lipinski definition) is 1. The van der Waals surface area contributed by atoms with E-state index in [2.05, 4.69) is 31.1 Å². The van der Waals surface area contributed by atoms with Crippen molar-refractivity contribution in [3.8, 4) is 5.88 Å². The minimum atomic E-state index is -0.298. The first kappa shape index (κ1) is 18.9. The van der Waals surface area contributed by atoms with Gasteiger partial charge in [0.2, 0.25) is 5.88 Å². The quantitative estimate of drug-likeness (QED) is 0.851. The number of nitrogens with one attached hydrogen (secondary N) is 1. The SMILES string of the molecule is Cc1cc(C(=O)NCCC(C)(C)C)cnc1OCc1cccc(F)c1. The molecule has 25 heavy (non-hydrogen) atoms. The number of hydrogen-bond acceptors (Lipinski definition) is 3. The maximum absolute atomic E-state index is 13.2. The zero-order valence-corrected chi connectivity index (χ0v) is 15.2. The zero-order valence-electron chi connectivity index (χ0n) is 15.2. The second kappa shape index (κ2) is 8.10. The molecule has 1 N–H and O–H groups in total. The molecule has 0 saturated heterocycles. The van der Waals surface area contributed by atoms with Gasteiger partial charge in [0.15, 0.2) is 0 Å². The van der Waals surface area contributed by atoms with Crippen molar-refractivity contribution < 1.29 is 13.9 Å². The molecule has 1 aromatic heterocycles. The van der Waals surface area contributed by atoms with Gasteiger partial charge in [0.05, 0.1) is 5.56 Å². The van der Waals surface area contributed by atoms with Crippen molar-refractivity contribution in [3.63, 3.8) is 0 Å². The molecule has 1 aromatic carbocycles. The third-order valence-corrected chi connectivity index (χ3v) is 3.72. The van der Waals surface area contributed by atoms with Crippen LogP contribution in [0.3, 0.4) is 0 Å². The van der Waals surface area contributed by atoms with Crippen LogP contribution in [0.1, 0.15) is 48.7 Å². The Hall–Kier alpha value is -2.43. The largest absolute Gasteiger partial charge is 0.473 e. The highest BCUT2D eigenvalue weighted by Crippen LogP contribution is 2.19. The monoisotopic (exact) mass is 344 g/mol. The van der Waals surface area contributed by atoms with Crippen molar-refractivity contribution in [2.24, 2.45) is 5.41 Å². The van der Waals surface area contributed by atoms with Gasteiger partial charge in [-0.2, -0.15) is 0 Å². The molecular weight excluding hydrogens is 319 g/mol. The van der Waals surface area contributed by atoms with Crippen molar-refractivity contribution >= 4 is 5.91 Å². The smallest absolute Gasteiger partial charge is 0.252 e. The Bertz CT molecular complexity index is 739. The van der Waals surface area contributed by atoms with Crippen LogP contribution < -0.4 is 10.1 Å². The highest BCUT2D eigenvalue weighted by atomic mass is 19.1. The van der Waals surface area contributed by atoms with Crippen LogP contribution in [0.4, 0.5) is 4.39 Å². The number of amides is 1. The average molecular weight is 344 g/mol. The Labute approximate surface area is 148 Å². The molecule has 2 aromatic rings. The van der Waals surface area contributed by atoms with E-state index in [-0.39, 0.29) is 23.7 Å². The molecule has 0 aliphatic carbocycles. The molecular formula is C20H25FN2O2. The van der Waals surface area contributed by atoms with Crippen LogP contribution >= 0.6 is 0 Å². The molecule has 0 atom stereocenters. The van der Waals surface area contributed by atoms with E-state index < -0.39 is 0 Å². The first-order valence-corrected chi connectivity index (χ1v) is 8.37. The highest BCUT2D eigenvalue weighted by Gasteiger charge is 2.13. The Kier molecular flexibility index (Phi) is 6.12. The van der Waals surface area contributed by atoms with Crippen molar-refractivity contribution in [1.29, 1.82) is 0 Å². The molecule has 0 saturated carbocycles. The molecule has 134 valence electrons. The predicted molar refractivity (Wildman–Crippen MR) is 96.1 cm³/mol. The van der Waals surface area contributed by atoms with Crippen molar-refractivity contribution in [2.75, 3.05) is 6.54 Å². The number of aryl methyl sites for hydroxylation is 1. The molecule has 0 aliphatic heterocycles. The molecule has 2 rings (SSSR count). The van der Waals surface area contributed by atoms with Gasteiger partial charge in [-0.25, -0.2) is 9.37 Å². The number of rotatable bonds is 6. The summed E-state index contributed by atoms with van der Waals surface area (Å²) in [6.07, 6.45) is 2.40. The lowest BCUT2D eigenvalue weighted by Gasteiger charge is -2.18. The minimum Gasteiger partial charge on any atom is -0.473 e. The molecule has 1 heterocycles. The maximum Gasteiger partial charge on any atom is 0.252 e. The molecule has 5 heteroatoms. The van der Waals surface area contributed by atoms with Crippen LogP contribution in [0, 0.1) is 18.2 Å². The first-order valence-electron chi connectivity index (χ1n) is 8.37. The average Bonchev–Trinajstić information content (AvgIpc) is 2.52. The van der Waals surface area contributed by atoms with Crippen LogP contribution in [0.15, 0.2) is 36.5 Å². The second-order valence-corrected chi connectivity index (χ2v) is 7.33. The van der Waals surface area contributed by atoms with E-state index in [0.717, 1.165) is 17.5 Å². The number of carbonyl (C=O) groups is 1. The first-order chi connectivity index (χ1) is 11.7. The van der Waals surface area contributed by atoms with Gasteiger partial charge in [0.25, 0.3) is 5.91 Å². The third kappa shape index (κ3) is 6.18. The van der Waals surface area contributed by atoms with E-state index in [0.29, 0.717) is 18.0 Å². The van der Waals surface area contributed by atoms with Crippen LogP contribution in [0.2, 0.25) is 0 Å². The number of ether oxygens (including phenoxy) is 1. The van der Waals surface area contributed by atoms with Gasteiger partial charge in [0.1, 0.15) is 12.4 Å². The fraction of sp³-hybridized carbons (Fsp3) is 0.400. The molecule has 0 aliphatic rings. The summed E-state index contributed by atoms with van der Waals surface area (Å²) in [5.41, 5.74) is 2.17. The van der Waals surface area contributed by atoms with Gasteiger partial charge in [0, 0.05) is 18.3 Å². The topological polar surface area (TPSA) is 51.2 Å². The van der Waals surface area contributed by atoms with E-state index in [1.807, 2.05) is 6.92 Å². The van der Waals surface area contributed by atoms with Gasteiger partial charge in [-0.1, -0.05) is 32.9 Å². The summed E-state index contributed by atoms with van der Waals surface area (Å²) in [4.78, 5) is 16.4. The van der Waals surface area contributed by atoms with Gasteiger partial charge >= 0.3 is 0 Å². The Morgan fingerprint density at radius 3 is 2.68 bits per heavy atom. The maximum atomic E-state index is 13.2. The number of benzene rings is 1. The molecule has 4 nitrogen and oxygen atoms in total. The summed E-state index contributed by atoms with van der Waals surface area (Å²) in [5.74, 6) is 0.0000835. The fourth-order valence-corrected chi connectivity index (χ4v) is 2.27. The molecule has 0 radical (unpaired) electrons. The molecule has 0 bridgehead atoms. The van der Waals surface area contributed by atoms with Gasteiger partial charge < -0.3 is 10.1 Å². The van der Waals surface area contributed by atoms with Crippen molar-refractivity contribution in [3.05, 3.63) is 59.0 Å². The third-order valence-electron chi connectivity index (χ3n) is 3.72. The second-order valence-electron chi connectivity index (χ2n) is 7.33. The van der Waals surface area contributed by atoms with Gasteiger partial charge in [-0.05, 0) is 42.5 Å². The lowest BCUT2D eigenvalue weighted by Crippen LogP contribution is -2.27. The molecule has 0 fully saturated rings. The summed E-state index contributed by atoms with van der Waals surface area (Å²) >= 11 is 0. The van der Waals surface area contributed by atoms with E-state index in [4.69, 9.17) is 4.74 Å². The summed E-state index contributed by atoms with van der Waals surface area (Å²) in [5, 5.41) is 2.90. The van der Waals surface area contributed by atoms with Crippen molar-refractivity contribution in [1.82, 2.24) is 10.3 Å². The standard InChI is InChI=1S/C20H25FN2O2/c1-14-10-16(18(24)22-9-8-20(2,3)4)12-23-19(14)25-13-15-6-5-7-17(21)11-15/h5-7,10-12H,8-9,13H2,1-4H3,(H,22,24). The summed E-state index contributed by atoms with van der Waals surface area (Å²) < 4.78 is 18.8. The number of pyridine rings is 1. The fourth-order valence-electron chi connectivity index (χ4n) is 2.27. The minimum absolute atomic E-state index is 0.142. The van der Waals surface area contributed by atoms with Crippen LogP contribution in [0.5, 0.6) is 5.88 Å². The van der Waals surface area contributed by atoms with Crippen molar-refractivity contribution in [2.45, 2.75) is 40.7 Å². The van der Waals surface area contributed by atoms with E-state index >= 15 is 0 Å². The van der Waals surface area contributed by atoms with E-state index in [9.17, 15) is 9.18 Å². The number of nitrogens with zero attached hydrogens (tertiary/aromatic N) is 1. The molecule has 0 spiro atoms. The lowest BCUT2D eigenvalue weighted by atomic mass is 9.92. The molecule has 1 amide bonds. The van der Waals surface area contributed by atoms with Gasteiger partial charge in [-0.15, -0.1) is 0 Å². The normalized spacial score (nSPS) is 11.2. The Morgan fingerprint density at radius 1 is 1.28 bits per heavy atom. The highest BCUT2D eigenvalue weighted by molar-refractivity contribution is 5.94. The molecule has 0 unspecified atom stereocenters. The zero-order chi connectivity index (χ0) is 18.4.